The summed E-state index contributed by atoms with van der Waals surface area (Å²) >= 11 is 3.29. The zero-order valence-electron chi connectivity index (χ0n) is 12.3. The summed E-state index contributed by atoms with van der Waals surface area (Å²) in [4.78, 5) is 4.60. The van der Waals surface area contributed by atoms with Crippen molar-refractivity contribution in [3.8, 4) is 0 Å². The number of thioether (sulfide) groups is 1. The van der Waals surface area contributed by atoms with Gasteiger partial charge in [-0.05, 0) is 34.5 Å². The normalized spacial score (nSPS) is 12.7. The summed E-state index contributed by atoms with van der Waals surface area (Å²) in [5.41, 5.74) is 1.98. The highest BCUT2D eigenvalue weighted by molar-refractivity contribution is 8.01. The van der Waals surface area contributed by atoms with Crippen molar-refractivity contribution in [2.75, 3.05) is 5.75 Å². The molecule has 23 heavy (non-hydrogen) atoms. The van der Waals surface area contributed by atoms with Crippen molar-refractivity contribution in [2.24, 2.45) is 0 Å². The second kappa shape index (κ2) is 6.32. The fourth-order valence-corrected chi connectivity index (χ4v) is 4.64. The van der Waals surface area contributed by atoms with Crippen molar-refractivity contribution in [1.82, 2.24) is 4.98 Å². The van der Waals surface area contributed by atoms with E-state index in [9.17, 15) is 5.11 Å². The largest absolute Gasteiger partial charge is 0.388 e. The van der Waals surface area contributed by atoms with E-state index in [1.54, 1.807) is 23.1 Å². The van der Waals surface area contributed by atoms with Gasteiger partial charge in [0.2, 0.25) is 0 Å². The molecule has 0 fully saturated rings. The van der Waals surface area contributed by atoms with E-state index in [-0.39, 0.29) is 0 Å². The van der Waals surface area contributed by atoms with Gasteiger partial charge in [0.25, 0.3) is 0 Å². The summed E-state index contributed by atoms with van der Waals surface area (Å²) in [5, 5.41) is 12.8. The van der Waals surface area contributed by atoms with Crippen LogP contribution in [0.15, 0.2) is 71.1 Å². The third kappa shape index (κ3) is 3.11. The molecule has 114 valence electrons. The zero-order chi connectivity index (χ0) is 15.6. The monoisotopic (exact) mass is 337 g/mol. The number of nitrogens with zero attached hydrogens (tertiary/aromatic N) is 1. The maximum atomic E-state index is 10.5. The van der Waals surface area contributed by atoms with E-state index in [1.165, 1.54) is 10.1 Å². The molecule has 2 nitrogen and oxygen atoms in total. The van der Waals surface area contributed by atoms with Crippen LogP contribution in [0.5, 0.6) is 0 Å². The number of thiazole rings is 1. The molecule has 1 N–H and O–H groups in total. The first-order valence-corrected chi connectivity index (χ1v) is 9.25. The lowest BCUT2D eigenvalue weighted by molar-refractivity contribution is 0.204. The van der Waals surface area contributed by atoms with Gasteiger partial charge < -0.3 is 5.11 Å². The van der Waals surface area contributed by atoms with E-state index in [0.717, 1.165) is 20.8 Å². The molecule has 0 saturated heterocycles. The van der Waals surface area contributed by atoms with Gasteiger partial charge in [0, 0.05) is 5.75 Å². The average Bonchev–Trinajstić information content (AvgIpc) is 3.02. The first-order chi connectivity index (χ1) is 11.3. The Morgan fingerprint density at radius 2 is 1.74 bits per heavy atom. The molecule has 0 aliphatic heterocycles. The number of aliphatic hydroxyl groups excluding tert-OH is 1. The Bertz CT molecular complexity index is 931. The number of aliphatic hydroxyl groups is 1. The number of benzene rings is 3. The Morgan fingerprint density at radius 1 is 0.957 bits per heavy atom. The van der Waals surface area contributed by atoms with Crippen molar-refractivity contribution in [2.45, 2.75) is 10.4 Å². The van der Waals surface area contributed by atoms with Crippen molar-refractivity contribution >= 4 is 44.1 Å². The minimum absolute atomic E-state index is 0.489. The van der Waals surface area contributed by atoms with Crippen LogP contribution in [0, 0.1) is 0 Å². The molecular weight excluding hydrogens is 322 g/mol. The van der Waals surface area contributed by atoms with Crippen LogP contribution in [0.4, 0.5) is 0 Å². The lowest BCUT2D eigenvalue weighted by Gasteiger charge is -2.10. The first-order valence-electron chi connectivity index (χ1n) is 7.45. The number of para-hydroxylation sites is 1. The van der Waals surface area contributed by atoms with Crippen molar-refractivity contribution < 1.29 is 5.11 Å². The molecule has 1 aromatic heterocycles. The number of rotatable bonds is 4. The predicted molar refractivity (Wildman–Crippen MR) is 99.3 cm³/mol. The zero-order valence-corrected chi connectivity index (χ0v) is 14.0. The molecule has 0 aliphatic carbocycles. The summed E-state index contributed by atoms with van der Waals surface area (Å²) in [5.74, 6) is 0.609. The molecule has 4 heteroatoms. The molecule has 3 aromatic carbocycles. The predicted octanol–water partition coefficient (Wildman–Crippen LogP) is 5.28. The third-order valence-corrected chi connectivity index (χ3v) is 6.05. The van der Waals surface area contributed by atoms with E-state index >= 15 is 0 Å². The van der Waals surface area contributed by atoms with Gasteiger partial charge in [0.1, 0.15) is 0 Å². The highest BCUT2D eigenvalue weighted by Crippen LogP contribution is 2.32. The average molecular weight is 337 g/mol. The smallest absolute Gasteiger partial charge is 0.151 e. The highest BCUT2D eigenvalue weighted by Gasteiger charge is 2.11. The molecule has 4 aromatic rings. The number of hydrogen-bond donors (Lipinski definition) is 1. The van der Waals surface area contributed by atoms with Crippen molar-refractivity contribution in [3.63, 3.8) is 0 Å². The molecule has 0 bridgehead atoms. The standard InChI is InChI=1S/C19H15NOS2/c21-17(15-10-9-13-5-1-2-6-14(13)11-15)12-22-19-20-16-7-3-4-8-18(16)23-19/h1-11,17,21H,12H2. The van der Waals surface area contributed by atoms with Gasteiger partial charge in [0.05, 0.1) is 16.3 Å². The Labute approximate surface area is 142 Å². The van der Waals surface area contributed by atoms with Crippen LogP contribution >= 0.6 is 23.1 Å². The summed E-state index contributed by atoms with van der Waals surface area (Å²) in [6.45, 7) is 0. The van der Waals surface area contributed by atoms with Gasteiger partial charge in [-0.3, -0.25) is 0 Å². The van der Waals surface area contributed by atoms with E-state index in [2.05, 4.69) is 35.3 Å². The quantitative estimate of drug-likeness (QED) is 0.515. The highest BCUT2D eigenvalue weighted by atomic mass is 32.2. The van der Waals surface area contributed by atoms with E-state index < -0.39 is 6.10 Å². The van der Waals surface area contributed by atoms with Crippen LogP contribution in [0.25, 0.3) is 21.0 Å². The summed E-state index contributed by atoms with van der Waals surface area (Å²) in [7, 11) is 0. The molecular formula is C19H15NOS2. The fraction of sp³-hybridized carbons (Fsp3) is 0.105. The molecule has 1 heterocycles. The third-order valence-electron chi connectivity index (χ3n) is 3.80. The Balaban J connectivity index is 1.50. The molecule has 0 aliphatic rings. The minimum atomic E-state index is -0.489. The number of hydrogen-bond acceptors (Lipinski definition) is 4. The number of fused-ring (bicyclic) bond motifs is 2. The second-order valence-corrected chi connectivity index (χ2v) is 7.68. The summed E-state index contributed by atoms with van der Waals surface area (Å²) < 4.78 is 2.20. The van der Waals surface area contributed by atoms with E-state index in [4.69, 9.17) is 0 Å². The Morgan fingerprint density at radius 3 is 2.61 bits per heavy atom. The molecule has 1 atom stereocenters. The van der Waals surface area contributed by atoms with Gasteiger partial charge in [-0.15, -0.1) is 11.3 Å². The topological polar surface area (TPSA) is 33.1 Å². The molecule has 0 saturated carbocycles. The Hall–Kier alpha value is -1.88. The van der Waals surface area contributed by atoms with E-state index in [0.29, 0.717) is 5.75 Å². The maximum Gasteiger partial charge on any atom is 0.151 e. The van der Waals surface area contributed by atoms with E-state index in [1.807, 2.05) is 36.4 Å². The number of aromatic nitrogens is 1. The molecule has 0 radical (unpaired) electrons. The van der Waals surface area contributed by atoms with Crippen LogP contribution in [0.2, 0.25) is 0 Å². The summed E-state index contributed by atoms with van der Waals surface area (Å²) in [6, 6.07) is 22.5. The van der Waals surface area contributed by atoms with Gasteiger partial charge in [0.15, 0.2) is 4.34 Å². The van der Waals surface area contributed by atoms with Crippen molar-refractivity contribution in [3.05, 3.63) is 72.3 Å². The lowest BCUT2D eigenvalue weighted by atomic mass is 10.0. The maximum absolute atomic E-state index is 10.5. The summed E-state index contributed by atoms with van der Waals surface area (Å²) in [6.07, 6.45) is -0.489. The second-order valence-electron chi connectivity index (χ2n) is 5.38. The van der Waals surface area contributed by atoms with Crippen molar-refractivity contribution in [1.29, 1.82) is 0 Å². The van der Waals surface area contributed by atoms with Crippen LogP contribution in [0.1, 0.15) is 11.7 Å². The SMILES string of the molecule is OC(CSc1nc2ccccc2s1)c1ccc2ccccc2c1. The van der Waals surface area contributed by atoms with Crippen LogP contribution in [0.3, 0.4) is 0 Å². The van der Waals surface area contributed by atoms with Gasteiger partial charge >= 0.3 is 0 Å². The fourth-order valence-electron chi connectivity index (χ4n) is 2.57. The van der Waals surface area contributed by atoms with Crippen LogP contribution in [-0.4, -0.2) is 15.8 Å². The van der Waals surface area contributed by atoms with Gasteiger partial charge in [-0.2, -0.15) is 0 Å². The van der Waals surface area contributed by atoms with Gasteiger partial charge in [-0.1, -0.05) is 60.3 Å². The van der Waals surface area contributed by atoms with Crippen LogP contribution < -0.4 is 0 Å². The van der Waals surface area contributed by atoms with Gasteiger partial charge in [-0.25, -0.2) is 4.98 Å². The Kier molecular flexibility index (Phi) is 4.04. The minimum Gasteiger partial charge on any atom is -0.388 e. The molecule has 1 unspecified atom stereocenters. The molecule has 0 amide bonds. The first kappa shape index (κ1) is 14.7. The molecule has 4 rings (SSSR count). The lowest BCUT2D eigenvalue weighted by Crippen LogP contribution is -2.00. The van der Waals surface area contributed by atoms with Crippen LogP contribution in [-0.2, 0) is 0 Å². The molecule has 0 spiro atoms.